The van der Waals surface area contributed by atoms with E-state index in [4.69, 9.17) is 0 Å². The van der Waals surface area contributed by atoms with E-state index in [9.17, 15) is 13.6 Å². The molecule has 1 aliphatic heterocycles. The van der Waals surface area contributed by atoms with Crippen LogP contribution in [0.25, 0.3) is 0 Å². The van der Waals surface area contributed by atoms with E-state index in [-0.39, 0.29) is 17.7 Å². The summed E-state index contributed by atoms with van der Waals surface area (Å²) in [5, 5.41) is 3.02. The molecule has 3 atom stereocenters. The number of ether oxygens (including phenoxy) is 1. The minimum Gasteiger partial charge on any atom is -0.318 e. The van der Waals surface area contributed by atoms with E-state index < -0.39 is 18.1 Å². The molecule has 0 amide bonds. The highest BCUT2D eigenvalue weighted by Gasteiger charge is 2.37. The third kappa shape index (κ3) is 4.00. The lowest BCUT2D eigenvalue weighted by Gasteiger charge is -2.36. The average Bonchev–Trinajstić information content (AvgIpc) is 2.14. The van der Waals surface area contributed by atoms with E-state index in [1.165, 1.54) is 0 Å². The quantitative estimate of drug-likeness (QED) is 0.833. The summed E-state index contributed by atoms with van der Waals surface area (Å²) in [6, 6.07) is -0.257. The van der Waals surface area contributed by atoms with Crippen molar-refractivity contribution in [3.8, 4) is 0 Å². The van der Waals surface area contributed by atoms with Gasteiger partial charge in [-0.2, -0.15) is 8.78 Å². The lowest BCUT2D eigenvalue weighted by Crippen LogP contribution is -2.54. The van der Waals surface area contributed by atoms with Gasteiger partial charge in [-0.15, -0.1) is 0 Å². The number of carbonyl (C=O) groups excluding carboxylic acids is 1. The predicted octanol–water partition coefficient (Wildman–Crippen LogP) is 2.21. The Kier molecular flexibility index (Phi) is 4.61. The molecular weight excluding hydrogens is 228 g/mol. The van der Waals surface area contributed by atoms with Crippen LogP contribution in [0, 0.1) is 11.3 Å². The molecule has 0 spiro atoms. The summed E-state index contributed by atoms with van der Waals surface area (Å²) < 4.78 is 28.6. The monoisotopic (exact) mass is 249 g/mol. The molecule has 0 aliphatic carbocycles. The highest BCUT2D eigenvalue weighted by atomic mass is 19.3. The van der Waals surface area contributed by atoms with E-state index in [1.54, 1.807) is 0 Å². The fourth-order valence-electron chi connectivity index (χ4n) is 2.16. The molecule has 0 aromatic rings. The van der Waals surface area contributed by atoms with Crippen molar-refractivity contribution in [3.63, 3.8) is 0 Å². The molecule has 3 unspecified atom stereocenters. The number of nitrogens with one attached hydrogen (secondary N) is 1. The number of ketones is 1. The van der Waals surface area contributed by atoms with Crippen molar-refractivity contribution < 1.29 is 18.3 Å². The van der Waals surface area contributed by atoms with Crippen LogP contribution < -0.4 is 5.32 Å². The Morgan fingerprint density at radius 3 is 2.41 bits per heavy atom. The third-order valence-electron chi connectivity index (χ3n) is 3.09. The van der Waals surface area contributed by atoms with Gasteiger partial charge < -0.3 is 10.1 Å². The van der Waals surface area contributed by atoms with Crippen molar-refractivity contribution in [2.24, 2.45) is 11.3 Å². The van der Waals surface area contributed by atoms with Crippen molar-refractivity contribution in [1.82, 2.24) is 5.32 Å². The summed E-state index contributed by atoms with van der Waals surface area (Å²) in [6.07, 6.45) is -0.0156. The van der Waals surface area contributed by atoms with Crippen molar-refractivity contribution in [3.05, 3.63) is 0 Å². The fourth-order valence-corrected chi connectivity index (χ4v) is 2.16. The highest BCUT2D eigenvalue weighted by Crippen LogP contribution is 2.26. The van der Waals surface area contributed by atoms with Crippen LogP contribution in [0.3, 0.4) is 0 Å². The van der Waals surface area contributed by atoms with Gasteiger partial charge in [0.2, 0.25) is 0 Å². The van der Waals surface area contributed by atoms with Gasteiger partial charge in [-0.05, 0) is 12.3 Å². The third-order valence-corrected chi connectivity index (χ3v) is 3.09. The molecule has 0 bridgehead atoms. The van der Waals surface area contributed by atoms with Crippen LogP contribution in [-0.2, 0) is 9.53 Å². The zero-order valence-corrected chi connectivity index (χ0v) is 10.8. The van der Waals surface area contributed by atoms with Gasteiger partial charge in [0.15, 0.2) is 5.78 Å². The second-order valence-corrected chi connectivity index (χ2v) is 5.73. The Morgan fingerprint density at radius 1 is 1.41 bits per heavy atom. The minimum atomic E-state index is -2.75. The normalized spacial score (nSPS) is 30.6. The van der Waals surface area contributed by atoms with Gasteiger partial charge in [-0.1, -0.05) is 27.7 Å². The molecular formula is C12H21F2NO2. The van der Waals surface area contributed by atoms with Crippen molar-refractivity contribution in [2.75, 3.05) is 6.54 Å². The molecule has 1 saturated heterocycles. The van der Waals surface area contributed by atoms with Gasteiger partial charge in [0.05, 0.1) is 12.1 Å². The van der Waals surface area contributed by atoms with Gasteiger partial charge in [0, 0.05) is 12.0 Å². The number of Topliss-reactive ketones (excluding diaryl/α,β-unsaturated/α-hetero) is 1. The molecule has 5 heteroatoms. The van der Waals surface area contributed by atoms with Crippen molar-refractivity contribution >= 4 is 5.78 Å². The maximum atomic E-state index is 12.1. The number of rotatable bonds is 3. The van der Waals surface area contributed by atoms with Gasteiger partial charge in [-0.25, -0.2) is 0 Å². The van der Waals surface area contributed by atoms with Crippen LogP contribution in [0.1, 0.15) is 34.1 Å². The topological polar surface area (TPSA) is 38.3 Å². The number of halogens is 2. The molecule has 17 heavy (non-hydrogen) atoms. The summed E-state index contributed by atoms with van der Waals surface area (Å²) in [4.78, 5) is 12.1. The Bertz CT molecular complexity index is 276. The first-order valence-corrected chi connectivity index (χ1v) is 5.93. The lowest BCUT2D eigenvalue weighted by atomic mass is 9.79. The van der Waals surface area contributed by atoms with E-state index in [1.807, 2.05) is 27.7 Å². The number of piperidine rings is 1. The van der Waals surface area contributed by atoms with Crippen LogP contribution in [-0.4, -0.2) is 31.1 Å². The molecule has 1 N–H and O–H groups in total. The lowest BCUT2D eigenvalue weighted by molar-refractivity contribution is -0.172. The Labute approximate surface area is 101 Å². The fraction of sp³-hybridized carbons (Fsp3) is 0.917. The first-order valence-electron chi connectivity index (χ1n) is 5.93. The molecule has 1 rings (SSSR count). The maximum Gasteiger partial charge on any atom is 0.345 e. The Balaban J connectivity index is 2.56. The molecule has 0 saturated carbocycles. The predicted molar refractivity (Wildman–Crippen MR) is 60.9 cm³/mol. The van der Waals surface area contributed by atoms with Gasteiger partial charge in [0.1, 0.15) is 0 Å². The minimum absolute atomic E-state index is 0.0132. The SMILES string of the molecule is CC1CC(OC(F)F)CNC1C(=O)C(C)(C)C. The molecule has 0 radical (unpaired) electrons. The summed E-state index contributed by atoms with van der Waals surface area (Å²) in [7, 11) is 0. The van der Waals surface area contributed by atoms with Crippen LogP contribution >= 0.6 is 0 Å². The second kappa shape index (κ2) is 5.40. The van der Waals surface area contributed by atoms with E-state index in [0.29, 0.717) is 13.0 Å². The molecule has 1 heterocycles. The second-order valence-electron chi connectivity index (χ2n) is 5.73. The first kappa shape index (κ1) is 14.5. The van der Waals surface area contributed by atoms with Crippen LogP contribution in [0.2, 0.25) is 0 Å². The molecule has 1 aliphatic rings. The van der Waals surface area contributed by atoms with E-state index >= 15 is 0 Å². The summed E-state index contributed by atoms with van der Waals surface area (Å²) in [6.45, 7) is 5.05. The average molecular weight is 249 g/mol. The summed E-state index contributed by atoms with van der Waals surface area (Å²) in [5.41, 5.74) is -0.414. The molecule has 0 aromatic heterocycles. The molecule has 3 nitrogen and oxygen atoms in total. The van der Waals surface area contributed by atoms with Crippen LogP contribution in [0.15, 0.2) is 0 Å². The summed E-state index contributed by atoms with van der Waals surface area (Å²) >= 11 is 0. The van der Waals surface area contributed by atoms with E-state index in [2.05, 4.69) is 10.1 Å². The molecule has 1 fully saturated rings. The first-order chi connectivity index (χ1) is 7.71. The number of hydrogen-bond donors (Lipinski definition) is 1. The van der Waals surface area contributed by atoms with Gasteiger partial charge in [0.25, 0.3) is 0 Å². The largest absolute Gasteiger partial charge is 0.345 e. The highest BCUT2D eigenvalue weighted by molar-refractivity contribution is 5.89. The van der Waals surface area contributed by atoms with E-state index in [0.717, 1.165) is 0 Å². The standard InChI is InChI=1S/C12H21F2NO2/c1-7-5-8(17-11(13)14)6-15-9(7)10(16)12(2,3)4/h7-9,11,15H,5-6H2,1-4H3. The number of carbonyl (C=O) groups is 1. The van der Waals surface area contributed by atoms with Gasteiger partial charge >= 0.3 is 6.61 Å². The van der Waals surface area contributed by atoms with Gasteiger partial charge in [-0.3, -0.25) is 4.79 Å². The van der Waals surface area contributed by atoms with Crippen molar-refractivity contribution in [1.29, 1.82) is 0 Å². The number of alkyl halides is 2. The zero-order valence-electron chi connectivity index (χ0n) is 10.8. The molecule has 100 valence electrons. The Hall–Kier alpha value is -0.550. The smallest absolute Gasteiger partial charge is 0.318 e. The maximum absolute atomic E-state index is 12.1. The number of hydrogen-bond acceptors (Lipinski definition) is 3. The van der Waals surface area contributed by atoms with Crippen LogP contribution in [0.4, 0.5) is 8.78 Å². The Morgan fingerprint density at radius 2 is 2.00 bits per heavy atom. The van der Waals surface area contributed by atoms with Crippen molar-refractivity contribution in [2.45, 2.75) is 52.9 Å². The zero-order chi connectivity index (χ0) is 13.2. The molecule has 0 aromatic carbocycles. The summed E-state index contributed by atoms with van der Waals surface area (Å²) in [5.74, 6) is 0.139. The van der Waals surface area contributed by atoms with Crippen LogP contribution in [0.5, 0.6) is 0 Å².